The van der Waals surface area contributed by atoms with Crippen molar-refractivity contribution in [3.63, 3.8) is 0 Å². The number of fused-ring (bicyclic) bond motifs is 6. The fourth-order valence-electron chi connectivity index (χ4n) is 8.63. The van der Waals surface area contributed by atoms with Crippen LogP contribution in [0.4, 0.5) is 17.1 Å². The van der Waals surface area contributed by atoms with Crippen molar-refractivity contribution in [1.82, 2.24) is 9.97 Å². The highest BCUT2D eigenvalue weighted by molar-refractivity contribution is 6.23. The van der Waals surface area contributed by atoms with Gasteiger partial charge in [-0.05, 0) is 87.6 Å². The predicted octanol–water partition coefficient (Wildman–Crippen LogP) is 15.2. The van der Waals surface area contributed by atoms with Gasteiger partial charge in [-0.15, -0.1) is 0 Å². The van der Waals surface area contributed by atoms with Gasteiger partial charge >= 0.3 is 0 Å². The molecule has 0 aliphatic carbocycles. The van der Waals surface area contributed by atoms with Crippen molar-refractivity contribution in [1.29, 1.82) is 0 Å². The average Bonchev–Trinajstić information content (AvgIpc) is 3.32. The zero-order valence-electron chi connectivity index (χ0n) is 32.2. The Labute approximate surface area is 343 Å². The Morgan fingerprint density at radius 3 is 1.59 bits per heavy atom. The molecule has 276 valence electrons. The minimum atomic E-state index is 0.948. The van der Waals surface area contributed by atoms with Crippen LogP contribution in [0.3, 0.4) is 0 Å². The first-order valence-corrected chi connectivity index (χ1v) is 20.1. The van der Waals surface area contributed by atoms with Crippen LogP contribution in [0.15, 0.2) is 224 Å². The molecule has 0 radical (unpaired) electrons. The van der Waals surface area contributed by atoms with Gasteiger partial charge in [0.1, 0.15) is 0 Å². The third-order valence-electron chi connectivity index (χ3n) is 11.4. The lowest BCUT2D eigenvalue weighted by molar-refractivity contribution is 1.28. The quantitative estimate of drug-likeness (QED) is 0.152. The summed E-state index contributed by atoms with van der Waals surface area (Å²) >= 11 is 0. The van der Waals surface area contributed by atoms with Gasteiger partial charge < -0.3 is 4.90 Å². The normalized spacial score (nSPS) is 11.4. The lowest BCUT2D eigenvalue weighted by Crippen LogP contribution is -2.11. The third kappa shape index (κ3) is 6.17. The smallest absolute Gasteiger partial charge is 0.0809 e. The van der Waals surface area contributed by atoms with Crippen LogP contribution in [-0.4, -0.2) is 9.97 Å². The van der Waals surface area contributed by atoms with E-state index < -0.39 is 0 Å². The molecule has 3 nitrogen and oxygen atoms in total. The maximum Gasteiger partial charge on any atom is 0.0809 e. The topological polar surface area (TPSA) is 29.0 Å². The van der Waals surface area contributed by atoms with E-state index in [1.54, 1.807) is 0 Å². The monoisotopic (exact) mass is 751 g/mol. The van der Waals surface area contributed by atoms with Crippen molar-refractivity contribution in [3.05, 3.63) is 224 Å². The molecule has 0 amide bonds. The van der Waals surface area contributed by atoms with Crippen LogP contribution in [0.25, 0.3) is 88.1 Å². The Kier molecular flexibility index (Phi) is 8.49. The van der Waals surface area contributed by atoms with E-state index in [-0.39, 0.29) is 0 Å². The molecule has 0 N–H and O–H groups in total. The summed E-state index contributed by atoms with van der Waals surface area (Å²) in [6.45, 7) is 0. The maximum atomic E-state index is 5.43. The largest absolute Gasteiger partial charge is 0.310 e. The van der Waals surface area contributed by atoms with Gasteiger partial charge in [0.25, 0.3) is 0 Å². The Morgan fingerprint density at radius 1 is 0.322 bits per heavy atom. The van der Waals surface area contributed by atoms with Crippen molar-refractivity contribution in [3.8, 4) is 44.8 Å². The standard InChI is InChI=1S/C56H37N3/c1-4-16-38(17-5-1)39-28-30-40(31-29-39)50-37-53(57-51-25-13-10-22-46(50)51)42-33-34-45-41(36-42)32-35-49-55(45)47-23-11-14-26-52(47)58-56(49)48-24-12-15-27-54(48)59(43-18-6-2-7-19-43)44-20-8-3-9-21-44/h1-37H. The van der Waals surface area contributed by atoms with Gasteiger partial charge in [-0.2, -0.15) is 0 Å². The minimum Gasteiger partial charge on any atom is -0.310 e. The summed E-state index contributed by atoms with van der Waals surface area (Å²) in [5.74, 6) is 0. The molecule has 0 aliphatic heterocycles. The van der Waals surface area contributed by atoms with Gasteiger partial charge in [0.15, 0.2) is 0 Å². The van der Waals surface area contributed by atoms with E-state index in [0.29, 0.717) is 0 Å². The molecule has 0 spiro atoms. The highest BCUT2D eigenvalue weighted by Crippen LogP contribution is 2.44. The Morgan fingerprint density at radius 2 is 0.864 bits per heavy atom. The van der Waals surface area contributed by atoms with E-state index in [9.17, 15) is 0 Å². The molecular weight excluding hydrogens is 715 g/mol. The second-order valence-corrected chi connectivity index (χ2v) is 14.9. The van der Waals surface area contributed by atoms with Crippen LogP contribution in [-0.2, 0) is 0 Å². The van der Waals surface area contributed by atoms with Crippen LogP contribution < -0.4 is 4.90 Å². The molecule has 9 aromatic carbocycles. The van der Waals surface area contributed by atoms with Crippen LogP contribution in [0, 0.1) is 0 Å². The van der Waals surface area contributed by atoms with Crippen molar-refractivity contribution >= 4 is 60.4 Å². The predicted molar refractivity (Wildman–Crippen MR) is 248 cm³/mol. The lowest BCUT2D eigenvalue weighted by atomic mass is 9.92. The average molecular weight is 752 g/mol. The second-order valence-electron chi connectivity index (χ2n) is 14.9. The number of rotatable bonds is 7. The zero-order chi connectivity index (χ0) is 39.1. The molecule has 11 aromatic rings. The van der Waals surface area contributed by atoms with Gasteiger partial charge in [0.2, 0.25) is 0 Å². The molecule has 2 heterocycles. The summed E-state index contributed by atoms with van der Waals surface area (Å²) in [7, 11) is 0. The molecule has 3 heteroatoms. The molecule has 0 saturated carbocycles. The fraction of sp³-hybridized carbons (Fsp3) is 0. The minimum absolute atomic E-state index is 0.948. The van der Waals surface area contributed by atoms with Crippen molar-refractivity contribution in [2.24, 2.45) is 0 Å². The van der Waals surface area contributed by atoms with Gasteiger partial charge in [-0.25, -0.2) is 9.97 Å². The number of aromatic nitrogens is 2. The molecule has 11 rings (SSSR count). The number of anilines is 3. The van der Waals surface area contributed by atoms with Crippen LogP contribution >= 0.6 is 0 Å². The van der Waals surface area contributed by atoms with E-state index in [2.05, 4.69) is 229 Å². The molecular formula is C56H37N3. The first-order valence-electron chi connectivity index (χ1n) is 20.1. The van der Waals surface area contributed by atoms with E-state index in [1.807, 2.05) is 0 Å². The second kappa shape index (κ2) is 14.6. The van der Waals surface area contributed by atoms with E-state index in [0.717, 1.165) is 72.2 Å². The van der Waals surface area contributed by atoms with Crippen molar-refractivity contribution in [2.75, 3.05) is 4.90 Å². The first kappa shape index (κ1) is 34.4. The number of hydrogen-bond donors (Lipinski definition) is 0. The number of para-hydroxylation sites is 5. The highest BCUT2D eigenvalue weighted by Gasteiger charge is 2.21. The Balaban J connectivity index is 1.07. The summed E-state index contributed by atoms with van der Waals surface area (Å²) in [4.78, 5) is 13.0. The molecule has 0 bridgehead atoms. The maximum absolute atomic E-state index is 5.43. The first-order chi connectivity index (χ1) is 29.3. The van der Waals surface area contributed by atoms with E-state index in [1.165, 1.54) is 33.0 Å². The molecule has 59 heavy (non-hydrogen) atoms. The van der Waals surface area contributed by atoms with Crippen molar-refractivity contribution < 1.29 is 0 Å². The Bertz CT molecular complexity index is 3270. The van der Waals surface area contributed by atoms with Crippen LogP contribution in [0.2, 0.25) is 0 Å². The molecule has 0 aliphatic rings. The van der Waals surface area contributed by atoms with Gasteiger partial charge in [0.05, 0.1) is 28.1 Å². The SMILES string of the molecule is c1ccc(-c2ccc(-c3cc(-c4ccc5c(ccc6c(-c7ccccc7N(c7ccccc7)c7ccccc7)nc7ccccc7c65)c4)nc4ccccc34)cc2)cc1. The van der Waals surface area contributed by atoms with Gasteiger partial charge in [-0.3, -0.25) is 0 Å². The summed E-state index contributed by atoms with van der Waals surface area (Å²) in [6.07, 6.45) is 0. The molecule has 2 aromatic heterocycles. The Hall–Kier alpha value is -7.88. The number of nitrogens with zero attached hydrogens (tertiary/aromatic N) is 3. The molecule has 0 fully saturated rings. The zero-order valence-corrected chi connectivity index (χ0v) is 32.2. The number of benzene rings is 9. The summed E-state index contributed by atoms with van der Waals surface area (Å²) in [5.41, 5.74) is 14.0. The van der Waals surface area contributed by atoms with E-state index in [4.69, 9.17) is 9.97 Å². The summed E-state index contributed by atoms with van der Waals surface area (Å²) in [5, 5.41) is 6.92. The molecule has 0 saturated heterocycles. The molecule has 0 atom stereocenters. The lowest BCUT2D eigenvalue weighted by Gasteiger charge is -2.28. The van der Waals surface area contributed by atoms with Gasteiger partial charge in [0, 0.05) is 44.0 Å². The number of hydrogen-bond acceptors (Lipinski definition) is 3. The third-order valence-corrected chi connectivity index (χ3v) is 11.4. The fourth-order valence-corrected chi connectivity index (χ4v) is 8.63. The number of pyridine rings is 2. The van der Waals surface area contributed by atoms with Crippen LogP contribution in [0.1, 0.15) is 0 Å². The summed E-state index contributed by atoms with van der Waals surface area (Å²) < 4.78 is 0. The highest BCUT2D eigenvalue weighted by atomic mass is 15.1. The van der Waals surface area contributed by atoms with Gasteiger partial charge in [-0.1, -0.05) is 170 Å². The van der Waals surface area contributed by atoms with Crippen molar-refractivity contribution in [2.45, 2.75) is 0 Å². The summed E-state index contributed by atoms with van der Waals surface area (Å²) in [6, 6.07) is 79.8. The van der Waals surface area contributed by atoms with Crippen LogP contribution in [0.5, 0.6) is 0 Å². The van der Waals surface area contributed by atoms with E-state index >= 15 is 0 Å². The molecule has 0 unspecified atom stereocenters.